The van der Waals surface area contributed by atoms with Gasteiger partial charge in [0.25, 0.3) is 0 Å². The highest BCUT2D eigenvalue weighted by Gasteiger charge is 2.40. The van der Waals surface area contributed by atoms with Gasteiger partial charge in [-0.3, -0.25) is 96.5 Å². The van der Waals surface area contributed by atoms with Crippen molar-refractivity contribution in [3.8, 4) is 5.75 Å². The number of guanidine groups is 1. The highest BCUT2D eigenvalue weighted by molar-refractivity contribution is 7.80. The number of hydrogen-bond donors (Lipinski definition) is 28. The molecule has 6 aromatic rings. The Bertz CT molecular complexity index is 5110. The molecule has 0 aliphatic rings. The van der Waals surface area contributed by atoms with Crippen LogP contribution in [0.25, 0.3) is 21.8 Å². The Morgan fingerprint density at radius 1 is 0.371 bits per heavy atom. The van der Waals surface area contributed by atoms with Gasteiger partial charge in [0.15, 0.2) is 5.96 Å². The lowest BCUT2D eigenvalue weighted by Gasteiger charge is -2.29. The van der Waals surface area contributed by atoms with Crippen LogP contribution in [0.2, 0.25) is 0 Å². The third-order valence-electron chi connectivity index (χ3n) is 20.6. The monoisotopic (exact) mass is 1870 g/mol. The predicted molar refractivity (Wildman–Crippen MR) is 483 cm³/mol. The number of carbonyl (C=O) groups is 19. The fourth-order valence-corrected chi connectivity index (χ4v) is 14.2. The minimum Gasteiger partial charge on any atom is -0.508 e. The van der Waals surface area contributed by atoms with E-state index in [0.29, 0.717) is 38.5 Å². The number of amides is 17. The number of rotatable bonds is 56. The van der Waals surface area contributed by atoms with Gasteiger partial charge in [0.05, 0.1) is 12.6 Å². The number of carbonyl (C=O) groups excluding carboxylic acids is 17. The van der Waals surface area contributed by atoms with Gasteiger partial charge in [0.2, 0.25) is 100 Å². The summed E-state index contributed by atoms with van der Waals surface area (Å²) < 4.78 is 0. The molecule has 2 heterocycles. The molecule has 0 bridgehead atoms. The van der Waals surface area contributed by atoms with E-state index in [2.05, 4.69) is 115 Å². The second-order valence-electron chi connectivity index (χ2n) is 31.4. The van der Waals surface area contributed by atoms with Crippen LogP contribution < -0.4 is 103 Å². The van der Waals surface area contributed by atoms with E-state index >= 15 is 14.4 Å². The van der Waals surface area contributed by atoms with Gasteiger partial charge in [-0.25, -0.2) is 0 Å². The summed E-state index contributed by atoms with van der Waals surface area (Å²) in [5, 5.41) is 87.4. The first-order chi connectivity index (χ1) is 62.5. The first-order valence-corrected chi connectivity index (χ1v) is 43.2. The summed E-state index contributed by atoms with van der Waals surface area (Å²) >= 11 is 8.57. The molecule has 4 aromatic carbocycles. The molecule has 0 saturated heterocycles. The van der Waals surface area contributed by atoms with Crippen molar-refractivity contribution in [3.63, 3.8) is 0 Å². The lowest BCUT2D eigenvalue weighted by Crippen LogP contribution is -2.62. The number of carboxylic acid groups (broad SMARTS) is 2. The van der Waals surface area contributed by atoms with Crippen molar-refractivity contribution < 1.29 is 112 Å². The number of aromatic amines is 2. The Morgan fingerprint density at radius 3 is 1.11 bits per heavy atom. The number of aliphatic hydroxyl groups is 1. The van der Waals surface area contributed by atoms with Crippen molar-refractivity contribution in [2.75, 3.05) is 24.6 Å². The molecule has 132 heavy (non-hydrogen) atoms. The smallest absolute Gasteiger partial charge is 0.303 e. The van der Waals surface area contributed by atoms with Crippen LogP contribution in [0.1, 0.15) is 114 Å². The Balaban J connectivity index is 1.29. The maximum Gasteiger partial charge on any atom is 0.303 e. The van der Waals surface area contributed by atoms with Crippen molar-refractivity contribution in [3.05, 3.63) is 138 Å². The Kier molecular flexibility index (Phi) is 42.7. The summed E-state index contributed by atoms with van der Waals surface area (Å²) in [6.07, 6.45) is -5.22. The van der Waals surface area contributed by atoms with Gasteiger partial charge in [-0.2, -0.15) is 25.3 Å². The van der Waals surface area contributed by atoms with E-state index < -0.39 is 278 Å². The topological polar surface area (TPSA) is 745 Å². The van der Waals surface area contributed by atoms with Crippen molar-refractivity contribution >= 4 is 165 Å². The maximum absolute atomic E-state index is 15.3. The van der Waals surface area contributed by atoms with Crippen LogP contribution in [0.15, 0.2) is 116 Å². The van der Waals surface area contributed by atoms with Crippen LogP contribution in [0.3, 0.4) is 0 Å². The van der Waals surface area contributed by atoms with Crippen molar-refractivity contribution in [1.82, 2.24) is 89.7 Å². The molecule has 45 nitrogen and oxygen atoms in total. The Hall–Kier alpha value is -14.4. The number of thiol groups is 2. The molecule has 0 fully saturated rings. The summed E-state index contributed by atoms with van der Waals surface area (Å²) in [4.78, 5) is 267. The average molecular weight is 1880 g/mol. The number of aliphatic carboxylic acids is 2. The van der Waals surface area contributed by atoms with Crippen LogP contribution in [-0.4, -0.2) is 258 Å². The number of primary amides is 3. The van der Waals surface area contributed by atoms with Crippen LogP contribution in [0, 0.1) is 11.3 Å². The number of carboxylic acids is 2. The van der Waals surface area contributed by atoms with Gasteiger partial charge in [0, 0.05) is 111 Å². The summed E-state index contributed by atoms with van der Waals surface area (Å²) in [7, 11) is 0. The molecular weight excluding hydrogens is 1760 g/mol. The van der Waals surface area contributed by atoms with Gasteiger partial charge in [0.1, 0.15) is 84.3 Å². The molecule has 0 saturated carbocycles. The number of nitrogens with one attached hydrogen (secondary N) is 18. The molecule has 0 spiro atoms. The fraction of sp³-hybridized carbons (Fsp3) is 0.435. The highest BCUT2D eigenvalue weighted by atomic mass is 32.1. The first kappa shape index (κ1) is 106. The number of fused-ring (bicyclic) bond motifs is 2. The zero-order valence-electron chi connectivity index (χ0n) is 72.6. The number of aliphatic hydroxyl groups excluding tert-OH is 1. The molecule has 714 valence electrons. The van der Waals surface area contributed by atoms with Crippen molar-refractivity contribution in [1.29, 1.82) is 5.41 Å². The quantitative estimate of drug-likeness (QED) is 0.00736. The largest absolute Gasteiger partial charge is 0.508 e. The lowest BCUT2D eigenvalue weighted by molar-refractivity contribution is -0.139. The number of benzene rings is 4. The zero-order chi connectivity index (χ0) is 97.6. The predicted octanol–water partition coefficient (Wildman–Crippen LogP) is -5.03. The molecule has 14 atom stereocenters. The van der Waals surface area contributed by atoms with Crippen molar-refractivity contribution in [2.24, 2.45) is 28.9 Å². The number of phenols is 1. The SMILES string of the molecule is CC(=O)N[C@@H](CCC(N)=O)C(=O)N[C@H](C(=O)N[C@@H](CS)C(=O)N[C@@H](CCC(N)=O)C(=O)N[C@H](C(=O)N[C@@H](Cc1c[nH]c2ccccc12)C(=O)N[C@@H](CCC(=O)O)C(=O)N[C@@H](CS)C(=O)N[C@@H](Cc1ccc(O)cc1)C(=O)N[C@@H](Cc1c[nH]c2ccccc12)C(=O)N[C@@H](CCCNC(=N)N)C(=O)N[C@@H](CCC(=O)O)C(=O)N[C@@H](Cc1ccccc1)C(=O)NCC(N)=O)[C@@H](C)O)C(C)C. The van der Waals surface area contributed by atoms with E-state index in [0.717, 1.165) is 13.8 Å². The minimum atomic E-state index is -2.05. The Labute approximate surface area is 767 Å². The van der Waals surface area contributed by atoms with E-state index in [4.69, 9.17) is 28.3 Å². The standard InChI is InChI=1S/C85H114N22O23S2/c1-42(2)70(106-76(122)55(95-44(4)109)24-28-65(86)111)83(129)105-64(41-132)81(127)99-56(25-29-66(87)112)77(123)107-71(43(3)108)84(130)103-62(36-48-38-93-53-18-11-9-16-51(48)53)80(126)98-58(27-31-69(116)117)75(121)104-63(40-131)82(128)101-60(34-46-20-22-49(110)23-21-46)78(124)102-61(35-47-37-92-52-17-10-8-15-50(47)52)79(125)96-54(19-12-32-91-85(89)90)73(119)97-57(26-30-68(114)115)74(120)100-59(72(118)94-39-67(88)113)33-45-13-6-5-7-14-45/h5-11,13-18,20-23,37-38,42-43,54-64,70-71,92-93,108,110,131-132H,12,19,24-36,39-41H2,1-4H3,(H2,86,111)(H2,87,112)(H2,88,113)(H,94,118)(H,95,109)(H,96,125)(H,97,119)(H,98,126)(H,99,127)(H,100,120)(H,101,128)(H,102,124)(H,103,130)(H,104,121)(H,105,129)(H,106,122)(H,107,123)(H,114,115)(H,116,117)(H4,89,90,91)/t43-,54+,55+,56+,57+,58+,59+,60+,61+,62+,63+,64+,70+,71+/m1/s1. The number of phenolic OH excluding ortho intramolecular Hbond substituents is 1. The Morgan fingerprint density at radius 2 is 0.705 bits per heavy atom. The average Bonchev–Trinajstić information content (AvgIpc) is 1.55. The second-order valence-corrected chi connectivity index (χ2v) is 32.1. The number of para-hydroxylation sites is 2. The summed E-state index contributed by atoms with van der Waals surface area (Å²) in [6, 6.07) is 4.96. The molecular formula is C85H114N22O23S2. The molecule has 30 N–H and O–H groups in total. The van der Waals surface area contributed by atoms with Crippen LogP contribution in [0.5, 0.6) is 5.75 Å². The fourth-order valence-electron chi connectivity index (χ4n) is 13.7. The molecule has 0 aliphatic heterocycles. The summed E-state index contributed by atoms with van der Waals surface area (Å²) in [6.45, 7) is 4.54. The van der Waals surface area contributed by atoms with Gasteiger partial charge in [-0.05, 0) is 97.9 Å². The zero-order valence-corrected chi connectivity index (χ0v) is 74.4. The molecule has 17 amide bonds. The van der Waals surface area contributed by atoms with Gasteiger partial charge < -0.3 is 133 Å². The van der Waals surface area contributed by atoms with Gasteiger partial charge in [-0.15, -0.1) is 0 Å². The van der Waals surface area contributed by atoms with E-state index in [-0.39, 0.29) is 56.4 Å². The normalized spacial score (nSPS) is 14.3. The van der Waals surface area contributed by atoms with Gasteiger partial charge >= 0.3 is 11.9 Å². The lowest BCUT2D eigenvalue weighted by atomic mass is 10.0. The maximum atomic E-state index is 15.3. The molecule has 0 unspecified atom stereocenters. The van der Waals surface area contributed by atoms with Crippen LogP contribution in [0.4, 0.5) is 0 Å². The van der Waals surface area contributed by atoms with E-state index in [1.54, 1.807) is 78.9 Å². The molecule has 47 heteroatoms. The number of hydrogen-bond acceptors (Lipinski definition) is 24. The molecule has 0 radical (unpaired) electrons. The number of H-pyrrole nitrogens is 2. The number of aromatic hydroxyl groups is 1. The van der Waals surface area contributed by atoms with Crippen LogP contribution in [-0.2, 0) is 117 Å². The number of aromatic nitrogens is 2. The molecule has 6 rings (SSSR count). The minimum absolute atomic E-state index is 0.0368. The van der Waals surface area contributed by atoms with E-state index in [1.807, 2.05) is 0 Å². The highest BCUT2D eigenvalue weighted by Crippen LogP contribution is 2.23. The van der Waals surface area contributed by atoms with Crippen LogP contribution >= 0.6 is 25.3 Å². The molecule has 2 aromatic heterocycles. The first-order valence-electron chi connectivity index (χ1n) is 41.9. The van der Waals surface area contributed by atoms with Crippen molar-refractivity contribution in [2.45, 2.75) is 202 Å². The van der Waals surface area contributed by atoms with E-state index in [1.165, 1.54) is 50.5 Å². The third-order valence-corrected chi connectivity index (χ3v) is 21.4. The van der Waals surface area contributed by atoms with E-state index in [9.17, 15) is 97.1 Å². The molecule has 0 aliphatic carbocycles. The second kappa shape index (κ2) is 52.9. The number of nitrogens with two attached hydrogens (primary N) is 4. The van der Waals surface area contributed by atoms with Gasteiger partial charge in [-0.1, -0.05) is 92.7 Å². The third kappa shape index (κ3) is 35.2. The summed E-state index contributed by atoms with van der Waals surface area (Å²) in [5.74, 6) is -23.0. The summed E-state index contributed by atoms with van der Waals surface area (Å²) in [5.41, 5.74) is 24.3.